The molecule has 0 bridgehead atoms. The van der Waals surface area contributed by atoms with E-state index in [-0.39, 0.29) is 23.1 Å². The summed E-state index contributed by atoms with van der Waals surface area (Å²) >= 11 is 1.05. The number of benzene rings is 1. The molecule has 2 aromatic rings. The van der Waals surface area contributed by atoms with Gasteiger partial charge in [-0.25, -0.2) is 14.6 Å². The average molecular weight is 335 g/mol. The Morgan fingerprint density at radius 2 is 2.09 bits per heavy atom. The highest BCUT2D eigenvalue weighted by molar-refractivity contribution is 7.14. The highest BCUT2D eigenvalue weighted by Gasteiger charge is 2.18. The average Bonchev–Trinajstić information content (AvgIpc) is 3.00. The summed E-state index contributed by atoms with van der Waals surface area (Å²) in [6.45, 7) is 0.134. The van der Waals surface area contributed by atoms with Gasteiger partial charge in [0, 0.05) is 5.38 Å². The molecule has 2 rings (SSSR count). The van der Waals surface area contributed by atoms with Crippen LogP contribution in [0, 0.1) is 0 Å². The number of hydrogen-bond acceptors (Lipinski definition) is 7. The first kappa shape index (κ1) is 16.4. The van der Waals surface area contributed by atoms with Gasteiger partial charge >= 0.3 is 12.1 Å². The second-order valence-electron chi connectivity index (χ2n) is 4.16. The van der Waals surface area contributed by atoms with E-state index in [0.29, 0.717) is 0 Å². The summed E-state index contributed by atoms with van der Waals surface area (Å²) < 4.78 is 4.43. The highest BCUT2D eigenvalue weighted by atomic mass is 32.1. The Morgan fingerprint density at radius 3 is 2.74 bits per heavy atom. The monoisotopic (exact) mass is 335 g/mol. The molecular formula is C14H13N3O5S. The molecule has 8 nitrogen and oxygen atoms in total. The predicted octanol–water partition coefficient (Wildman–Crippen LogP) is 2.33. The molecule has 0 saturated carbocycles. The number of oxime groups is 1. The topological polar surface area (TPSA) is 110 Å². The lowest BCUT2D eigenvalue weighted by Gasteiger charge is -2.01. The molecule has 1 amide bonds. The highest BCUT2D eigenvalue weighted by Crippen LogP contribution is 2.16. The number of ether oxygens (including phenoxy) is 1. The van der Waals surface area contributed by atoms with Gasteiger partial charge in [0.15, 0.2) is 5.13 Å². The van der Waals surface area contributed by atoms with Crippen LogP contribution in [-0.4, -0.2) is 35.0 Å². The van der Waals surface area contributed by atoms with Crippen molar-refractivity contribution in [3.05, 3.63) is 47.0 Å². The van der Waals surface area contributed by atoms with Gasteiger partial charge in [-0.15, -0.1) is 11.3 Å². The Balaban J connectivity index is 2.07. The second-order valence-corrected chi connectivity index (χ2v) is 5.02. The fourth-order valence-electron chi connectivity index (χ4n) is 1.52. The zero-order chi connectivity index (χ0) is 16.7. The molecule has 2 N–H and O–H groups in total. The molecule has 0 aliphatic heterocycles. The summed E-state index contributed by atoms with van der Waals surface area (Å²) in [7, 11) is 1.21. The number of hydrogen-bond donors (Lipinski definition) is 2. The van der Waals surface area contributed by atoms with E-state index in [1.54, 1.807) is 0 Å². The smallest absolute Gasteiger partial charge is 0.413 e. The van der Waals surface area contributed by atoms with Gasteiger partial charge < -0.3 is 14.7 Å². The third-order valence-electron chi connectivity index (χ3n) is 2.57. The maximum absolute atomic E-state index is 11.3. The molecule has 1 heterocycles. The van der Waals surface area contributed by atoms with E-state index in [2.05, 4.69) is 20.2 Å². The lowest BCUT2D eigenvalue weighted by Crippen LogP contribution is -2.16. The van der Waals surface area contributed by atoms with Crippen LogP contribution in [0.2, 0.25) is 0 Å². The number of carbonyl (C=O) groups excluding carboxylic acids is 1. The van der Waals surface area contributed by atoms with E-state index < -0.39 is 12.1 Å². The molecule has 1 aromatic carbocycles. The van der Waals surface area contributed by atoms with Gasteiger partial charge in [-0.05, 0) is 5.56 Å². The van der Waals surface area contributed by atoms with E-state index in [0.717, 1.165) is 16.9 Å². The van der Waals surface area contributed by atoms with Crippen molar-refractivity contribution in [2.24, 2.45) is 5.16 Å². The van der Waals surface area contributed by atoms with Gasteiger partial charge in [-0.1, -0.05) is 35.5 Å². The van der Waals surface area contributed by atoms with E-state index in [1.807, 2.05) is 30.3 Å². The molecule has 120 valence electrons. The van der Waals surface area contributed by atoms with E-state index >= 15 is 0 Å². The lowest BCUT2D eigenvalue weighted by molar-refractivity contribution is -0.129. The van der Waals surface area contributed by atoms with Crippen LogP contribution < -0.4 is 5.32 Å². The number of carboxylic acid groups (broad SMARTS) is 1. The number of carbonyl (C=O) groups is 2. The zero-order valence-electron chi connectivity index (χ0n) is 12.1. The summed E-state index contributed by atoms with van der Waals surface area (Å²) in [6.07, 6.45) is -0.694. The number of anilines is 1. The van der Waals surface area contributed by atoms with Crippen LogP contribution in [-0.2, 0) is 21.0 Å². The molecule has 9 heteroatoms. The molecule has 0 atom stereocenters. The predicted molar refractivity (Wildman–Crippen MR) is 83.5 cm³/mol. The summed E-state index contributed by atoms with van der Waals surface area (Å²) in [6, 6.07) is 9.20. The third kappa shape index (κ3) is 4.78. The number of carboxylic acids is 1. The third-order valence-corrected chi connectivity index (χ3v) is 3.33. The Morgan fingerprint density at radius 1 is 1.35 bits per heavy atom. The first-order valence-electron chi connectivity index (χ1n) is 6.38. The molecule has 0 aliphatic rings. The number of nitrogens with one attached hydrogen (secondary N) is 1. The van der Waals surface area contributed by atoms with Crippen LogP contribution in [0.15, 0.2) is 40.9 Å². The van der Waals surface area contributed by atoms with Crippen LogP contribution in [0.1, 0.15) is 11.3 Å². The number of rotatable bonds is 6. The Labute approximate surface area is 135 Å². The van der Waals surface area contributed by atoms with Crippen LogP contribution in [0.5, 0.6) is 0 Å². The minimum atomic E-state index is -1.28. The molecule has 0 saturated heterocycles. The zero-order valence-corrected chi connectivity index (χ0v) is 12.9. The molecule has 0 fully saturated rings. The van der Waals surface area contributed by atoms with Crippen LogP contribution in [0.3, 0.4) is 0 Å². The molecule has 0 unspecified atom stereocenters. The second kappa shape index (κ2) is 7.90. The maximum atomic E-state index is 11.3. The molecule has 0 radical (unpaired) electrons. The molecule has 23 heavy (non-hydrogen) atoms. The number of nitrogens with zero attached hydrogens (tertiary/aromatic N) is 2. The summed E-state index contributed by atoms with van der Waals surface area (Å²) in [5, 5.41) is 16.8. The van der Waals surface area contributed by atoms with Crippen LogP contribution in [0.4, 0.5) is 9.93 Å². The number of aliphatic carboxylic acids is 1. The van der Waals surface area contributed by atoms with Crippen LogP contribution >= 0.6 is 11.3 Å². The standard InChI is InChI=1S/C14H13N3O5S/c1-21-14(20)16-13-15-10(8-23-13)11(12(18)19)17-22-7-9-5-3-2-4-6-9/h2-6,8H,7H2,1H3,(H,18,19)(H,15,16,20). The van der Waals surface area contributed by atoms with E-state index in [9.17, 15) is 14.7 Å². The van der Waals surface area contributed by atoms with Crippen molar-refractivity contribution in [3.63, 3.8) is 0 Å². The number of aromatic nitrogens is 1. The molecule has 0 spiro atoms. The fourth-order valence-corrected chi connectivity index (χ4v) is 2.20. The Kier molecular flexibility index (Phi) is 5.64. The van der Waals surface area contributed by atoms with Crippen molar-refractivity contribution in [1.29, 1.82) is 0 Å². The van der Waals surface area contributed by atoms with Crippen molar-refractivity contribution in [3.8, 4) is 0 Å². The van der Waals surface area contributed by atoms with Crippen molar-refractivity contribution in [2.45, 2.75) is 6.61 Å². The molecule has 0 aliphatic carbocycles. The molecular weight excluding hydrogens is 322 g/mol. The van der Waals surface area contributed by atoms with Crippen molar-refractivity contribution in [1.82, 2.24) is 4.98 Å². The number of amides is 1. The maximum Gasteiger partial charge on any atom is 0.413 e. The number of thiazole rings is 1. The van der Waals surface area contributed by atoms with Gasteiger partial charge in [0.05, 0.1) is 7.11 Å². The van der Waals surface area contributed by atoms with Gasteiger partial charge in [-0.3, -0.25) is 5.32 Å². The van der Waals surface area contributed by atoms with E-state index in [1.165, 1.54) is 12.5 Å². The normalized spacial score (nSPS) is 10.9. The van der Waals surface area contributed by atoms with Gasteiger partial charge in [-0.2, -0.15) is 0 Å². The quantitative estimate of drug-likeness (QED) is 0.619. The number of methoxy groups -OCH3 is 1. The largest absolute Gasteiger partial charge is 0.476 e. The van der Waals surface area contributed by atoms with Gasteiger partial charge in [0.1, 0.15) is 12.3 Å². The summed E-state index contributed by atoms with van der Waals surface area (Å²) in [5.74, 6) is -1.28. The summed E-state index contributed by atoms with van der Waals surface area (Å²) in [4.78, 5) is 31.4. The van der Waals surface area contributed by atoms with Crippen molar-refractivity contribution >= 4 is 34.2 Å². The SMILES string of the molecule is COC(=O)Nc1nc(C(=NOCc2ccccc2)C(=O)O)cs1. The first-order valence-corrected chi connectivity index (χ1v) is 7.26. The van der Waals surface area contributed by atoms with Crippen molar-refractivity contribution < 1.29 is 24.3 Å². The Hall–Kier alpha value is -2.94. The lowest BCUT2D eigenvalue weighted by atomic mass is 10.2. The van der Waals surface area contributed by atoms with Crippen molar-refractivity contribution in [2.75, 3.05) is 12.4 Å². The van der Waals surface area contributed by atoms with Crippen LogP contribution in [0.25, 0.3) is 0 Å². The summed E-state index contributed by atoms with van der Waals surface area (Å²) in [5.41, 5.74) is 0.587. The first-order chi connectivity index (χ1) is 11.1. The fraction of sp³-hybridized carbons (Fsp3) is 0.143. The van der Waals surface area contributed by atoms with E-state index in [4.69, 9.17) is 4.84 Å². The minimum absolute atomic E-state index is 0.0852. The van der Waals surface area contributed by atoms with Gasteiger partial charge in [0.2, 0.25) is 5.71 Å². The molecule has 1 aromatic heterocycles. The minimum Gasteiger partial charge on any atom is -0.476 e. The Bertz CT molecular complexity index is 714. The van der Waals surface area contributed by atoms with Gasteiger partial charge in [0.25, 0.3) is 0 Å².